The first-order valence-corrected chi connectivity index (χ1v) is 10.5. The highest BCUT2D eigenvalue weighted by atomic mass is 16.2. The molecule has 0 bridgehead atoms. The van der Waals surface area contributed by atoms with Crippen molar-refractivity contribution >= 4 is 11.8 Å². The van der Waals surface area contributed by atoms with Crippen molar-refractivity contribution in [2.45, 2.75) is 64.2 Å². The third-order valence-electron chi connectivity index (χ3n) is 6.34. The number of unbranched alkanes of at least 4 members (excludes halogenated alkanes) is 1. The van der Waals surface area contributed by atoms with E-state index in [2.05, 4.69) is 16.9 Å². The van der Waals surface area contributed by atoms with Crippen LogP contribution in [0.1, 0.15) is 80.4 Å². The Labute approximate surface area is 161 Å². The lowest BCUT2D eigenvalue weighted by Crippen LogP contribution is -2.55. The van der Waals surface area contributed by atoms with E-state index in [0.717, 1.165) is 76.9 Å². The SMILES string of the molecule is CCCCN1C[C@]2(CCCN(C(=O)c3cnc(C4CC4)nc3)C2)CCC1=O. The number of likely N-dealkylation sites (tertiary alicyclic amines) is 2. The van der Waals surface area contributed by atoms with Crippen LogP contribution in [0.4, 0.5) is 0 Å². The van der Waals surface area contributed by atoms with Gasteiger partial charge in [0.2, 0.25) is 5.91 Å². The highest BCUT2D eigenvalue weighted by Crippen LogP contribution is 2.40. The minimum atomic E-state index is 0.0356. The Bertz CT molecular complexity index is 701. The summed E-state index contributed by atoms with van der Waals surface area (Å²) in [5, 5.41) is 0. The molecule has 2 aliphatic heterocycles. The van der Waals surface area contributed by atoms with Gasteiger partial charge in [0.05, 0.1) is 5.56 Å². The molecule has 1 atom stereocenters. The van der Waals surface area contributed by atoms with Crippen molar-refractivity contribution in [3.63, 3.8) is 0 Å². The Hall–Kier alpha value is -1.98. The Balaban J connectivity index is 1.43. The highest BCUT2D eigenvalue weighted by molar-refractivity contribution is 5.93. The van der Waals surface area contributed by atoms with Crippen LogP contribution < -0.4 is 0 Å². The fourth-order valence-corrected chi connectivity index (χ4v) is 4.55. The van der Waals surface area contributed by atoms with Gasteiger partial charge in [0, 0.05) is 56.3 Å². The molecule has 1 aromatic rings. The number of hydrogen-bond acceptors (Lipinski definition) is 4. The molecule has 0 N–H and O–H groups in total. The van der Waals surface area contributed by atoms with Gasteiger partial charge in [-0.3, -0.25) is 9.59 Å². The number of carbonyl (C=O) groups excluding carboxylic acids is 2. The fourth-order valence-electron chi connectivity index (χ4n) is 4.55. The van der Waals surface area contributed by atoms with Crippen molar-refractivity contribution in [1.82, 2.24) is 19.8 Å². The number of amides is 2. The smallest absolute Gasteiger partial charge is 0.257 e. The molecule has 3 fully saturated rings. The first kappa shape index (κ1) is 18.4. The monoisotopic (exact) mass is 370 g/mol. The van der Waals surface area contributed by atoms with Crippen molar-refractivity contribution in [2.24, 2.45) is 5.41 Å². The average molecular weight is 370 g/mol. The molecule has 6 heteroatoms. The normalized spacial score (nSPS) is 25.9. The predicted octanol–water partition coefficient (Wildman–Crippen LogP) is 3.00. The number of aromatic nitrogens is 2. The Morgan fingerprint density at radius 3 is 2.70 bits per heavy atom. The van der Waals surface area contributed by atoms with Crippen LogP contribution in [-0.2, 0) is 4.79 Å². The summed E-state index contributed by atoms with van der Waals surface area (Å²) in [6.07, 6.45) is 11.5. The third kappa shape index (κ3) is 3.99. The van der Waals surface area contributed by atoms with Gasteiger partial charge in [0.15, 0.2) is 0 Å². The summed E-state index contributed by atoms with van der Waals surface area (Å²) in [5.41, 5.74) is 0.649. The van der Waals surface area contributed by atoms with Gasteiger partial charge < -0.3 is 9.80 Å². The van der Waals surface area contributed by atoms with Crippen LogP contribution in [-0.4, -0.2) is 57.8 Å². The minimum absolute atomic E-state index is 0.0356. The number of piperidine rings is 2. The van der Waals surface area contributed by atoms with Crippen LogP contribution in [0.5, 0.6) is 0 Å². The Kier molecular flexibility index (Phi) is 5.15. The average Bonchev–Trinajstić information content (AvgIpc) is 3.54. The van der Waals surface area contributed by atoms with E-state index in [1.807, 2.05) is 9.80 Å². The lowest BCUT2D eigenvalue weighted by Gasteiger charge is -2.48. The van der Waals surface area contributed by atoms with E-state index in [1.54, 1.807) is 12.4 Å². The van der Waals surface area contributed by atoms with Gasteiger partial charge in [-0.15, -0.1) is 0 Å². The molecule has 1 aliphatic carbocycles. The molecule has 0 unspecified atom stereocenters. The number of carbonyl (C=O) groups is 2. The quantitative estimate of drug-likeness (QED) is 0.799. The third-order valence-corrected chi connectivity index (χ3v) is 6.34. The van der Waals surface area contributed by atoms with Crippen molar-refractivity contribution in [3.8, 4) is 0 Å². The lowest BCUT2D eigenvalue weighted by atomic mass is 9.73. The second kappa shape index (κ2) is 7.56. The number of nitrogens with zero attached hydrogens (tertiary/aromatic N) is 4. The van der Waals surface area contributed by atoms with E-state index in [9.17, 15) is 9.59 Å². The molecule has 0 radical (unpaired) electrons. The van der Waals surface area contributed by atoms with Gasteiger partial charge in [-0.2, -0.15) is 0 Å². The molecule has 2 amide bonds. The summed E-state index contributed by atoms with van der Waals surface area (Å²) in [6.45, 7) is 5.33. The van der Waals surface area contributed by atoms with Crippen molar-refractivity contribution in [3.05, 3.63) is 23.8 Å². The van der Waals surface area contributed by atoms with E-state index in [-0.39, 0.29) is 17.2 Å². The molecular formula is C21H30N4O2. The first-order chi connectivity index (χ1) is 13.1. The van der Waals surface area contributed by atoms with Crippen molar-refractivity contribution in [2.75, 3.05) is 26.2 Å². The molecule has 4 rings (SSSR count). The fraction of sp³-hybridized carbons (Fsp3) is 0.714. The molecule has 2 saturated heterocycles. The molecule has 3 aliphatic rings. The van der Waals surface area contributed by atoms with Crippen LogP contribution in [0.2, 0.25) is 0 Å². The first-order valence-electron chi connectivity index (χ1n) is 10.5. The molecule has 27 heavy (non-hydrogen) atoms. The summed E-state index contributed by atoms with van der Waals surface area (Å²) in [6, 6.07) is 0. The summed E-state index contributed by atoms with van der Waals surface area (Å²) in [7, 11) is 0. The Morgan fingerprint density at radius 2 is 2.00 bits per heavy atom. The maximum atomic E-state index is 13.0. The minimum Gasteiger partial charge on any atom is -0.342 e. The van der Waals surface area contributed by atoms with E-state index in [4.69, 9.17) is 0 Å². The second-order valence-electron chi connectivity index (χ2n) is 8.60. The molecule has 1 spiro atoms. The summed E-state index contributed by atoms with van der Waals surface area (Å²) in [5.74, 6) is 1.69. The van der Waals surface area contributed by atoms with Crippen molar-refractivity contribution < 1.29 is 9.59 Å². The molecule has 6 nitrogen and oxygen atoms in total. The van der Waals surface area contributed by atoms with E-state index < -0.39 is 0 Å². The predicted molar refractivity (Wildman–Crippen MR) is 102 cm³/mol. The van der Waals surface area contributed by atoms with Crippen LogP contribution in [0, 0.1) is 5.41 Å². The topological polar surface area (TPSA) is 66.4 Å². The summed E-state index contributed by atoms with van der Waals surface area (Å²) >= 11 is 0. The molecular weight excluding hydrogens is 340 g/mol. The molecule has 0 aromatic carbocycles. The van der Waals surface area contributed by atoms with Crippen LogP contribution in [0.15, 0.2) is 12.4 Å². The molecule has 1 aromatic heterocycles. The zero-order valence-electron chi connectivity index (χ0n) is 16.3. The lowest BCUT2D eigenvalue weighted by molar-refractivity contribution is -0.139. The van der Waals surface area contributed by atoms with E-state index >= 15 is 0 Å². The zero-order valence-corrected chi connectivity index (χ0v) is 16.3. The molecule has 146 valence electrons. The maximum absolute atomic E-state index is 13.0. The standard InChI is InChI=1S/C21H30N4O2/c1-2-3-10-24-14-21(9-7-18(24)26)8-4-11-25(15-21)20(27)17-12-22-19(23-13-17)16-5-6-16/h12-13,16H,2-11,14-15H2,1H3/t21-/m0/s1. The molecule has 3 heterocycles. The van der Waals surface area contributed by atoms with Gasteiger partial charge in [-0.25, -0.2) is 9.97 Å². The number of hydrogen-bond donors (Lipinski definition) is 0. The highest BCUT2D eigenvalue weighted by Gasteiger charge is 2.42. The Morgan fingerprint density at radius 1 is 1.22 bits per heavy atom. The van der Waals surface area contributed by atoms with Crippen LogP contribution in [0.25, 0.3) is 0 Å². The largest absolute Gasteiger partial charge is 0.342 e. The van der Waals surface area contributed by atoms with Gasteiger partial charge >= 0.3 is 0 Å². The molecule has 1 saturated carbocycles. The van der Waals surface area contributed by atoms with Crippen LogP contribution in [0.3, 0.4) is 0 Å². The summed E-state index contributed by atoms with van der Waals surface area (Å²) in [4.78, 5) is 38.1. The summed E-state index contributed by atoms with van der Waals surface area (Å²) < 4.78 is 0. The zero-order chi connectivity index (χ0) is 18.9. The second-order valence-corrected chi connectivity index (χ2v) is 8.60. The van der Waals surface area contributed by atoms with Crippen LogP contribution >= 0.6 is 0 Å². The number of rotatable bonds is 5. The van der Waals surface area contributed by atoms with Gasteiger partial charge in [-0.1, -0.05) is 13.3 Å². The maximum Gasteiger partial charge on any atom is 0.257 e. The van der Waals surface area contributed by atoms with Gasteiger partial charge in [0.25, 0.3) is 5.91 Å². The van der Waals surface area contributed by atoms with E-state index in [0.29, 0.717) is 17.9 Å². The van der Waals surface area contributed by atoms with Crippen molar-refractivity contribution in [1.29, 1.82) is 0 Å². The van der Waals surface area contributed by atoms with E-state index in [1.165, 1.54) is 0 Å². The van der Waals surface area contributed by atoms with Gasteiger partial charge in [-0.05, 0) is 38.5 Å². The van der Waals surface area contributed by atoms with Gasteiger partial charge in [0.1, 0.15) is 5.82 Å².